The number of thioether (sulfide) groups is 1. The van der Waals surface area contributed by atoms with Crippen molar-refractivity contribution < 1.29 is 14.5 Å². The molecular formula is C24H18N2O4S2. The Kier molecular flexibility index (Phi) is 6.63. The fourth-order valence-electron chi connectivity index (χ4n) is 3.13. The lowest BCUT2D eigenvalue weighted by atomic mass is 10.2. The second kappa shape index (κ2) is 9.76. The molecule has 3 aromatic rings. The van der Waals surface area contributed by atoms with Gasteiger partial charge >= 0.3 is 0 Å². The molecule has 32 heavy (non-hydrogen) atoms. The summed E-state index contributed by atoms with van der Waals surface area (Å²) in [7, 11) is 0. The van der Waals surface area contributed by atoms with Gasteiger partial charge in [0.05, 0.1) is 16.4 Å². The van der Waals surface area contributed by atoms with Gasteiger partial charge in [0.2, 0.25) is 0 Å². The molecule has 0 aliphatic carbocycles. The summed E-state index contributed by atoms with van der Waals surface area (Å²) in [6.07, 6.45) is 1.81. The van der Waals surface area contributed by atoms with Crippen LogP contribution in [0.1, 0.15) is 16.7 Å². The standard InChI is InChI=1S/C24H18N2O4S2/c27-23-22(32-24(31)25(23)15-17-5-2-1-3-6-17)14-19-7-4-8-21(13-19)30-16-18-9-11-20(12-10-18)26(28)29/h1-14H,15-16H2. The molecule has 8 heteroatoms. The van der Waals surface area contributed by atoms with Gasteiger partial charge in [-0.15, -0.1) is 0 Å². The Labute approximate surface area is 194 Å². The van der Waals surface area contributed by atoms with Crippen molar-refractivity contribution >= 4 is 46.0 Å². The number of hydrogen-bond donors (Lipinski definition) is 0. The molecule has 0 atom stereocenters. The molecule has 1 amide bonds. The van der Waals surface area contributed by atoms with Crippen molar-refractivity contribution in [3.63, 3.8) is 0 Å². The van der Waals surface area contributed by atoms with Gasteiger partial charge in [-0.3, -0.25) is 19.8 Å². The van der Waals surface area contributed by atoms with E-state index in [0.717, 1.165) is 16.7 Å². The molecule has 4 rings (SSSR count). The predicted molar refractivity (Wildman–Crippen MR) is 129 cm³/mol. The van der Waals surface area contributed by atoms with E-state index in [-0.39, 0.29) is 18.2 Å². The molecule has 0 aromatic heterocycles. The van der Waals surface area contributed by atoms with Crippen LogP contribution < -0.4 is 4.74 Å². The van der Waals surface area contributed by atoms with Gasteiger partial charge in [0, 0.05) is 12.1 Å². The number of hydrogen-bond acceptors (Lipinski definition) is 6. The summed E-state index contributed by atoms with van der Waals surface area (Å²) in [5.74, 6) is 0.526. The van der Waals surface area contributed by atoms with Gasteiger partial charge in [0.1, 0.15) is 16.7 Å². The van der Waals surface area contributed by atoms with Gasteiger partial charge in [0.25, 0.3) is 11.6 Å². The lowest BCUT2D eigenvalue weighted by Gasteiger charge is -2.14. The van der Waals surface area contributed by atoms with Gasteiger partial charge in [-0.25, -0.2) is 0 Å². The second-order valence-electron chi connectivity index (χ2n) is 7.04. The van der Waals surface area contributed by atoms with Crippen LogP contribution in [-0.4, -0.2) is 20.1 Å². The van der Waals surface area contributed by atoms with E-state index in [1.807, 2.05) is 60.7 Å². The first-order chi connectivity index (χ1) is 15.5. The summed E-state index contributed by atoms with van der Waals surface area (Å²) in [5.41, 5.74) is 2.71. The Hall–Kier alpha value is -3.49. The number of non-ortho nitro benzene ring substituents is 1. The number of thiocarbonyl (C=S) groups is 1. The summed E-state index contributed by atoms with van der Waals surface area (Å²) in [4.78, 5) is 25.4. The smallest absolute Gasteiger partial charge is 0.269 e. The molecule has 1 heterocycles. The Morgan fingerprint density at radius 1 is 1.00 bits per heavy atom. The Morgan fingerprint density at radius 2 is 1.75 bits per heavy atom. The van der Waals surface area contributed by atoms with Crippen LogP contribution in [0.25, 0.3) is 6.08 Å². The summed E-state index contributed by atoms with van der Waals surface area (Å²) in [6.45, 7) is 0.724. The third-order valence-electron chi connectivity index (χ3n) is 4.77. The molecule has 0 N–H and O–H groups in total. The van der Waals surface area contributed by atoms with Crippen LogP contribution >= 0.6 is 24.0 Å². The van der Waals surface area contributed by atoms with E-state index in [4.69, 9.17) is 17.0 Å². The van der Waals surface area contributed by atoms with Gasteiger partial charge in [-0.1, -0.05) is 66.4 Å². The quantitative estimate of drug-likeness (QED) is 0.198. The minimum Gasteiger partial charge on any atom is -0.489 e. The van der Waals surface area contributed by atoms with Crippen molar-refractivity contribution in [3.8, 4) is 5.75 Å². The summed E-state index contributed by atoms with van der Waals surface area (Å²) in [6, 6.07) is 23.4. The largest absolute Gasteiger partial charge is 0.489 e. The molecule has 0 radical (unpaired) electrons. The monoisotopic (exact) mass is 462 g/mol. The van der Waals surface area contributed by atoms with Crippen molar-refractivity contribution in [1.29, 1.82) is 0 Å². The number of nitro groups is 1. The number of benzene rings is 3. The first-order valence-electron chi connectivity index (χ1n) is 9.75. The summed E-state index contributed by atoms with van der Waals surface area (Å²) < 4.78 is 6.36. The van der Waals surface area contributed by atoms with Gasteiger partial charge in [0.15, 0.2) is 0 Å². The van der Waals surface area contributed by atoms with Gasteiger partial charge in [-0.05, 0) is 47.0 Å². The number of nitro benzene ring substituents is 1. The molecule has 0 unspecified atom stereocenters. The van der Waals surface area contributed by atoms with Crippen molar-refractivity contribution in [3.05, 3.63) is 111 Å². The fourth-order valence-corrected chi connectivity index (χ4v) is 4.38. The molecule has 1 aliphatic rings. The summed E-state index contributed by atoms with van der Waals surface area (Å²) >= 11 is 6.71. The van der Waals surface area contributed by atoms with Crippen LogP contribution in [0.4, 0.5) is 5.69 Å². The predicted octanol–water partition coefficient (Wildman–Crippen LogP) is 5.58. The van der Waals surface area contributed by atoms with E-state index in [0.29, 0.717) is 21.5 Å². The van der Waals surface area contributed by atoms with E-state index >= 15 is 0 Å². The molecule has 1 saturated heterocycles. The normalized spacial score (nSPS) is 14.8. The van der Waals surface area contributed by atoms with E-state index in [2.05, 4.69) is 0 Å². The highest BCUT2D eigenvalue weighted by Gasteiger charge is 2.31. The van der Waals surface area contributed by atoms with Gasteiger partial charge in [-0.2, -0.15) is 0 Å². The van der Waals surface area contributed by atoms with Crippen LogP contribution in [0.2, 0.25) is 0 Å². The van der Waals surface area contributed by atoms with E-state index in [1.165, 1.54) is 23.9 Å². The third kappa shape index (κ3) is 5.22. The van der Waals surface area contributed by atoms with E-state index < -0.39 is 4.92 Å². The van der Waals surface area contributed by atoms with Crippen LogP contribution in [0.3, 0.4) is 0 Å². The number of carbonyl (C=O) groups excluding carboxylic acids is 1. The van der Waals surface area contributed by atoms with Crippen molar-refractivity contribution in [2.45, 2.75) is 13.2 Å². The van der Waals surface area contributed by atoms with Crippen molar-refractivity contribution in [2.24, 2.45) is 0 Å². The SMILES string of the molecule is O=C1C(=Cc2cccc(OCc3ccc([N+](=O)[O-])cc3)c2)SC(=S)N1Cc1ccccc1. The second-order valence-corrected chi connectivity index (χ2v) is 8.71. The first kappa shape index (κ1) is 21.7. The van der Waals surface area contributed by atoms with E-state index in [1.54, 1.807) is 17.0 Å². The Balaban J connectivity index is 1.43. The lowest BCUT2D eigenvalue weighted by Crippen LogP contribution is -2.27. The average Bonchev–Trinajstić information content (AvgIpc) is 3.06. The topological polar surface area (TPSA) is 72.7 Å². The van der Waals surface area contributed by atoms with Crippen molar-refractivity contribution in [2.75, 3.05) is 0 Å². The number of nitrogens with zero attached hydrogens (tertiary/aromatic N) is 2. The number of ether oxygens (including phenoxy) is 1. The zero-order valence-corrected chi connectivity index (χ0v) is 18.5. The van der Waals surface area contributed by atoms with Crippen LogP contribution in [0, 0.1) is 10.1 Å². The van der Waals surface area contributed by atoms with Gasteiger partial charge < -0.3 is 4.74 Å². The Morgan fingerprint density at radius 3 is 2.47 bits per heavy atom. The Bertz CT molecular complexity index is 1190. The van der Waals surface area contributed by atoms with Crippen molar-refractivity contribution in [1.82, 2.24) is 4.90 Å². The summed E-state index contributed by atoms with van der Waals surface area (Å²) in [5, 5.41) is 10.8. The van der Waals surface area contributed by atoms with Crippen LogP contribution in [0.15, 0.2) is 83.8 Å². The lowest BCUT2D eigenvalue weighted by molar-refractivity contribution is -0.384. The average molecular weight is 463 g/mol. The first-order valence-corrected chi connectivity index (χ1v) is 11.0. The molecule has 160 valence electrons. The fraction of sp³-hybridized carbons (Fsp3) is 0.0833. The maximum atomic E-state index is 12.9. The maximum absolute atomic E-state index is 12.9. The maximum Gasteiger partial charge on any atom is 0.269 e. The molecule has 0 bridgehead atoms. The molecule has 1 fully saturated rings. The highest BCUT2D eigenvalue weighted by molar-refractivity contribution is 8.26. The molecule has 0 spiro atoms. The number of amides is 1. The number of carbonyl (C=O) groups is 1. The minimum absolute atomic E-state index is 0.0420. The zero-order valence-electron chi connectivity index (χ0n) is 16.8. The highest BCUT2D eigenvalue weighted by atomic mass is 32.2. The van der Waals surface area contributed by atoms with Crippen LogP contribution in [0.5, 0.6) is 5.75 Å². The van der Waals surface area contributed by atoms with E-state index in [9.17, 15) is 14.9 Å². The molecule has 1 aliphatic heterocycles. The molecule has 3 aromatic carbocycles. The highest BCUT2D eigenvalue weighted by Crippen LogP contribution is 2.34. The molecule has 0 saturated carbocycles. The number of rotatable bonds is 7. The minimum atomic E-state index is -0.434. The zero-order chi connectivity index (χ0) is 22.5. The third-order valence-corrected chi connectivity index (χ3v) is 6.14. The van der Waals surface area contributed by atoms with Crippen LogP contribution in [-0.2, 0) is 17.9 Å². The molecule has 6 nitrogen and oxygen atoms in total. The molecular weight excluding hydrogens is 444 g/mol.